The first-order valence-corrected chi connectivity index (χ1v) is 5.11. The molecule has 0 amide bonds. The third-order valence-electron chi connectivity index (χ3n) is 2.48. The van der Waals surface area contributed by atoms with E-state index in [0.717, 1.165) is 11.1 Å². The molecule has 0 saturated carbocycles. The molecule has 0 aliphatic carbocycles. The SMILES string of the molecule is COc1c(-c2ccccc2)cccc1[N+](=O)[O-]. The Hall–Kier alpha value is -2.36. The van der Waals surface area contributed by atoms with Gasteiger partial charge < -0.3 is 4.74 Å². The van der Waals surface area contributed by atoms with Crippen LogP contribution in [-0.2, 0) is 0 Å². The molecule has 2 rings (SSSR count). The van der Waals surface area contributed by atoms with Gasteiger partial charge in [-0.15, -0.1) is 0 Å². The van der Waals surface area contributed by atoms with Gasteiger partial charge in [-0.1, -0.05) is 42.5 Å². The maximum absolute atomic E-state index is 10.9. The van der Waals surface area contributed by atoms with E-state index in [0.29, 0.717) is 5.75 Å². The molecule has 4 heteroatoms. The summed E-state index contributed by atoms with van der Waals surface area (Å²) >= 11 is 0. The van der Waals surface area contributed by atoms with Crippen LogP contribution >= 0.6 is 0 Å². The molecule has 0 aliphatic heterocycles. The zero-order valence-electron chi connectivity index (χ0n) is 9.29. The first-order chi connectivity index (χ1) is 8.24. The zero-order valence-corrected chi connectivity index (χ0v) is 9.29. The van der Waals surface area contributed by atoms with Crippen LogP contribution in [0.2, 0.25) is 0 Å². The van der Waals surface area contributed by atoms with Crippen molar-refractivity contribution in [2.45, 2.75) is 0 Å². The van der Waals surface area contributed by atoms with E-state index in [9.17, 15) is 10.1 Å². The fraction of sp³-hybridized carbons (Fsp3) is 0.0769. The van der Waals surface area contributed by atoms with Gasteiger partial charge in [-0.2, -0.15) is 0 Å². The van der Waals surface area contributed by atoms with E-state index < -0.39 is 4.92 Å². The van der Waals surface area contributed by atoms with Gasteiger partial charge in [0.05, 0.1) is 12.0 Å². The molecule has 0 heterocycles. The van der Waals surface area contributed by atoms with Crippen LogP contribution in [0.3, 0.4) is 0 Å². The van der Waals surface area contributed by atoms with Gasteiger partial charge in [0, 0.05) is 11.6 Å². The highest BCUT2D eigenvalue weighted by Gasteiger charge is 2.18. The third kappa shape index (κ3) is 2.10. The Morgan fingerprint density at radius 2 is 1.76 bits per heavy atom. The Labute approximate surface area is 98.6 Å². The minimum Gasteiger partial charge on any atom is -0.490 e. The molecule has 2 aromatic carbocycles. The standard InChI is InChI=1S/C13H11NO3/c1-17-13-11(10-6-3-2-4-7-10)8-5-9-12(13)14(15)16/h2-9H,1H3. The molecule has 0 unspecified atom stereocenters. The number of nitro groups is 1. The normalized spacial score (nSPS) is 9.94. The topological polar surface area (TPSA) is 52.4 Å². The summed E-state index contributed by atoms with van der Waals surface area (Å²) < 4.78 is 5.15. The fourth-order valence-corrected chi connectivity index (χ4v) is 1.73. The predicted molar refractivity (Wildman–Crippen MR) is 65.1 cm³/mol. The molecule has 0 aromatic heterocycles. The first kappa shape index (κ1) is 11.1. The van der Waals surface area contributed by atoms with Gasteiger partial charge in [-0.25, -0.2) is 0 Å². The van der Waals surface area contributed by atoms with Crippen LogP contribution in [-0.4, -0.2) is 12.0 Å². The molecular weight excluding hydrogens is 218 g/mol. The van der Waals surface area contributed by atoms with E-state index in [-0.39, 0.29) is 5.69 Å². The van der Waals surface area contributed by atoms with E-state index in [4.69, 9.17) is 4.74 Å². The molecule has 17 heavy (non-hydrogen) atoms. The van der Waals surface area contributed by atoms with Crippen molar-refractivity contribution >= 4 is 5.69 Å². The minimum absolute atomic E-state index is 0.0196. The van der Waals surface area contributed by atoms with Crippen LogP contribution in [0.15, 0.2) is 48.5 Å². The number of para-hydroxylation sites is 1. The Bertz CT molecular complexity index is 538. The number of benzene rings is 2. The van der Waals surface area contributed by atoms with Gasteiger partial charge in [0.2, 0.25) is 5.75 Å². The summed E-state index contributed by atoms with van der Waals surface area (Å²) in [6, 6.07) is 14.3. The molecule has 2 aromatic rings. The van der Waals surface area contributed by atoms with Gasteiger partial charge in [-0.05, 0) is 5.56 Å². The van der Waals surface area contributed by atoms with Crippen molar-refractivity contribution in [2.24, 2.45) is 0 Å². The van der Waals surface area contributed by atoms with Gasteiger partial charge in [0.25, 0.3) is 0 Å². The van der Waals surface area contributed by atoms with Crippen LogP contribution in [0.5, 0.6) is 5.75 Å². The summed E-state index contributed by atoms with van der Waals surface area (Å²) in [5.74, 6) is 0.295. The Kier molecular flexibility index (Phi) is 3.05. The van der Waals surface area contributed by atoms with Gasteiger partial charge >= 0.3 is 5.69 Å². The third-order valence-corrected chi connectivity index (χ3v) is 2.48. The number of nitrogens with zero attached hydrogens (tertiary/aromatic N) is 1. The predicted octanol–water partition coefficient (Wildman–Crippen LogP) is 3.27. The number of methoxy groups -OCH3 is 1. The first-order valence-electron chi connectivity index (χ1n) is 5.11. The Morgan fingerprint density at radius 1 is 1.06 bits per heavy atom. The number of rotatable bonds is 3. The van der Waals surface area contributed by atoms with Crippen molar-refractivity contribution in [3.05, 3.63) is 58.6 Å². The monoisotopic (exact) mass is 229 g/mol. The second-order valence-electron chi connectivity index (χ2n) is 3.48. The maximum atomic E-state index is 10.9. The van der Waals surface area contributed by atoms with Crippen molar-refractivity contribution in [1.29, 1.82) is 0 Å². The molecule has 4 nitrogen and oxygen atoms in total. The number of ether oxygens (including phenoxy) is 1. The highest BCUT2D eigenvalue weighted by Crippen LogP contribution is 2.37. The highest BCUT2D eigenvalue weighted by molar-refractivity contribution is 5.75. The van der Waals surface area contributed by atoms with Crippen molar-refractivity contribution in [3.63, 3.8) is 0 Å². The van der Waals surface area contributed by atoms with Crippen molar-refractivity contribution < 1.29 is 9.66 Å². The summed E-state index contributed by atoms with van der Waals surface area (Å²) in [5.41, 5.74) is 1.60. The Balaban J connectivity index is 2.63. The molecule has 0 atom stereocenters. The van der Waals surface area contributed by atoms with E-state index in [1.807, 2.05) is 30.3 Å². The van der Waals surface area contributed by atoms with Crippen molar-refractivity contribution in [2.75, 3.05) is 7.11 Å². The lowest BCUT2D eigenvalue weighted by Crippen LogP contribution is -1.95. The van der Waals surface area contributed by atoms with E-state index in [1.54, 1.807) is 12.1 Å². The van der Waals surface area contributed by atoms with Crippen LogP contribution in [0.1, 0.15) is 0 Å². The van der Waals surface area contributed by atoms with Gasteiger partial charge in [-0.3, -0.25) is 10.1 Å². The van der Waals surface area contributed by atoms with E-state index in [2.05, 4.69) is 0 Å². The van der Waals surface area contributed by atoms with Gasteiger partial charge in [0.15, 0.2) is 0 Å². The molecule has 0 fully saturated rings. The molecule has 86 valence electrons. The number of hydrogen-bond acceptors (Lipinski definition) is 3. The van der Waals surface area contributed by atoms with Crippen LogP contribution < -0.4 is 4.74 Å². The molecule has 0 aliphatic rings. The van der Waals surface area contributed by atoms with Crippen LogP contribution in [0.25, 0.3) is 11.1 Å². The summed E-state index contributed by atoms with van der Waals surface area (Å²) in [4.78, 5) is 10.5. The molecule has 0 spiro atoms. The van der Waals surface area contributed by atoms with Crippen LogP contribution in [0, 0.1) is 10.1 Å². The largest absolute Gasteiger partial charge is 0.490 e. The lowest BCUT2D eigenvalue weighted by molar-refractivity contribution is -0.385. The maximum Gasteiger partial charge on any atom is 0.311 e. The molecule has 0 N–H and O–H groups in total. The summed E-state index contributed by atoms with van der Waals surface area (Å²) in [5, 5.41) is 10.9. The van der Waals surface area contributed by atoms with Gasteiger partial charge in [0.1, 0.15) is 0 Å². The molecular formula is C13H11NO3. The summed E-state index contributed by atoms with van der Waals surface area (Å²) in [6.07, 6.45) is 0. The highest BCUT2D eigenvalue weighted by atomic mass is 16.6. The quantitative estimate of drug-likeness (QED) is 0.599. The summed E-state index contributed by atoms with van der Waals surface area (Å²) in [7, 11) is 1.44. The average molecular weight is 229 g/mol. The zero-order chi connectivity index (χ0) is 12.3. The Morgan fingerprint density at radius 3 is 2.35 bits per heavy atom. The summed E-state index contributed by atoms with van der Waals surface area (Å²) in [6.45, 7) is 0. The van der Waals surface area contributed by atoms with Crippen molar-refractivity contribution in [3.8, 4) is 16.9 Å². The average Bonchev–Trinajstić information content (AvgIpc) is 2.38. The van der Waals surface area contributed by atoms with E-state index in [1.165, 1.54) is 13.2 Å². The van der Waals surface area contributed by atoms with E-state index >= 15 is 0 Å². The van der Waals surface area contributed by atoms with Crippen LogP contribution in [0.4, 0.5) is 5.69 Å². The second kappa shape index (κ2) is 4.65. The lowest BCUT2D eigenvalue weighted by Gasteiger charge is -2.08. The molecule has 0 saturated heterocycles. The molecule has 0 radical (unpaired) electrons. The number of hydrogen-bond donors (Lipinski definition) is 0. The smallest absolute Gasteiger partial charge is 0.311 e. The fourth-order valence-electron chi connectivity index (χ4n) is 1.73. The minimum atomic E-state index is -0.439. The van der Waals surface area contributed by atoms with Crippen molar-refractivity contribution in [1.82, 2.24) is 0 Å². The second-order valence-corrected chi connectivity index (χ2v) is 3.48. The lowest BCUT2D eigenvalue weighted by atomic mass is 10.0. The number of nitro benzene ring substituents is 1. The molecule has 0 bridgehead atoms.